The summed E-state index contributed by atoms with van der Waals surface area (Å²) in [6.07, 6.45) is -3.45. The molecule has 1 atom stereocenters. The number of nitrogens with one attached hydrogen (secondary N) is 3. The van der Waals surface area contributed by atoms with E-state index in [-0.39, 0.29) is 24.0 Å². The van der Waals surface area contributed by atoms with E-state index in [9.17, 15) is 26.4 Å². The molecule has 0 bridgehead atoms. The summed E-state index contributed by atoms with van der Waals surface area (Å²) in [6, 6.07) is 8.84. The first-order chi connectivity index (χ1) is 15.0. The Morgan fingerprint density at radius 1 is 1.12 bits per heavy atom. The van der Waals surface area contributed by atoms with Gasteiger partial charge in [-0.05, 0) is 75.5 Å². The zero-order valence-electron chi connectivity index (χ0n) is 18.2. The van der Waals surface area contributed by atoms with Crippen molar-refractivity contribution in [3.05, 3.63) is 59.2 Å². The van der Waals surface area contributed by atoms with Gasteiger partial charge in [-0.25, -0.2) is 13.1 Å². The Labute approximate surface area is 197 Å². The Bertz CT molecular complexity index is 1090. The van der Waals surface area contributed by atoms with Gasteiger partial charge in [0.1, 0.15) is 0 Å². The first-order valence-corrected chi connectivity index (χ1v) is 11.8. The van der Waals surface area contributed by atoms with Crippen molar-refractivity contribution in [3.8, 4) is 0 Å². The highest BCUT2D eigenvalue weighted by molar-refractivity contribution is 7.89. The second-order valence-electron chi connectivity index (χ2n) is 7.98. The van der Waals surface area contributed by atoms with E-state index in [1.807, 2.05) is 0 Å². The van der Waals surface area contributed by atoms with E-state index < -0.39 is 38.6 Å². The number of piperidine rings is 1. The summed E-state index contributed by atoms with van der Waals surface area (Å²) < 4.78 is 69.4. The lowest BCUT2D eigenvalue weighted by molar-refractivity contribution is -0.139. The summed E-state index contributed by atoms with van der Waals surface area (Å²) in [7, 11) is -4.43. The molecule has 1 saturated heterocycles. The third-order valence-corrected chi connectivity index (χ3v) is 7.27. The number of sulfonamides is 1. The average molecular weight is 506 g/mol. The number of carbonyl (C=O) groups excluding carboxylic acids is 1. The van der Waals surface area contributed by atoms with Crippen molar-refractivity contribution in [2.45, 2.75) is 43.8 Å². The first-order valence-electron chi connectivity index (χ1n) is 10.3. The number of hydrogen-bond donors (Lipinski definition) is 3. The third-order valence-electron chi connectivity index (χ3n) is 5.65. The molecular weight excluding hydrogens is 479 g/mol. The molecule has 1 heterocycles. The number of anilines is 1. The maximum absolute atomic E-state index is 13.8. The first kappa shape index (κ1) is 27.1. The zero-order chi connectivity index (χ0) is 23.5. The van der Waals surface area contributed by atoms with Crippen LogP contribution in [0.15, 0.2) is 47.4 Å². The maximum atomic E-state index is 13.8. The van der Waals surface area contributed by atoms with Gasteiger partial charge >= 0.3 is 6.18 Å². The van der Waals surface area contributed by atoms with Crippen LogP contribution in [0, 0.1) is 12.8 Å². The van der Waals surface area contributed by atoms with E-state index in [4.69, 9.17) is 0 Å². The van der Waals surface area contributed by atoms with Gasteiger partial charge in [-0.2, -0.15) is 13.2 Å². The molecule has 11 heteroatoms. The number of halogens is 4. The van der Waals surface area contributed by atoms with Gasteiger partial charge in [0.05, 0.1) is 10.5 Å². The van der Waals surface area contributed by atoms with Crippen molar-refractivity contribution in [1.82, 2.24) is 10.0 Å². The number of hydrogen-bond acceptors (Lipinski definition) is 4. The minimum atomic E-state index is -4.93. The van der Waals surface area contributed by atoms with Crippen LogP contribution in [0.4, 0.5) is 18.9 Å². The molecule has 182 valence electrons. The Hall–Kier alpha value is -2.14. The normalized spacial score (nSPS) is 16.0. The van der Waals surface area contributed by atoms with Crippen LogP contribution in [0.25, 0.3) is 0 Å². The van der Waals surface area contributed by atoms with Crippen LogP contribution in [0.3, 0.4) is 0 Å². The molecule has 0 unspecified atom stereocenters. The second kappa shape index (κ2) is 10.9. The molecule has 1 fully saturated rings. The fraction of sp³-hybridized carbons (Fsp3) is 0.409. The van der Waals surface area contributed by atoms with E-state index in [0.717, 1.165) is 38.1 Å². The van der Waals surface area contributed by atoms with Crippen LogP contribution < -0.4 is 15.4 Å². The molecule has 1 aliphatic rings. The summed E-state index contributed by atoms with van der Waals surface area (Å²) in [5, 5.41) is 5.59. The van der Waals surface area contributed by atoms with Gasteiger partial charge in [-0.15, -0.1) is 12.4 Å². The van der Waals surface area contributed by atoms with E-state index in [0.29, 0.717) is 17.2 Å². The summed E-state index contributed by atoms with van der Waals surface area (Å²) in [5.74, 6) is -0.544. The maximum Gasteiger partial charge on any atom is 0.417 e. The fourth-order valence-electron chi connectivity index (χ4n) is 3.84. The highest BCUT2D eigenvalue weighted by Gasteiger charge is 2.38. The molecule has 3 rings (SSSR count). The molecule has 0 saturated carbocycles. The summed E-state index contributed by atoms with van der Waals surface area (Å²) in [4.78, 5) is 11.6. The molecule has 0 radical (unpaired) electrons. The molecule has 0 aromatic heterocycles. The number of rotatable bonds is 6. The van der Waals surface area contributed by atoms with Crippen molar-refractivity contribution in [3.63, 3.8) is 0 Å². The minimum Gasteiger partial charge on any atom is -0.322 e. The molecule has 2 aromatic carbocycles. The third kappa shape index (κ3) is 6.69. The van der Waals surface area contributed by atoms with Crippen LogP contribution >= 0.6 is 12.4 Å². The lowest BCUT2D eigenvalue weighted by atomic mass is 9.92. The number of alkyl halides is 3. The monoisotopic (exact) mass is 505 g/mol. The molecule has 0 spiro atoms. The number of benzene rings is 2. The summed E-state index contributed by atoms with van der Waals surface area (Å²) in [6.45, 7) is 4.85. The molecule has 1 aliphatic heterocycles. The largest absolute Gasteiger partial charge is 0.417 e. The molecule has 1 amide bonds. The van der Waals surface area contributed by atoms with Gasteiger partial charge in [0.2, 0.25) is 10.0 Å². The lowest BCUT2D eigenvalue weighted by Gasteiger charge is -2.29. The Morgan fingerprint density at radius 3 is 2.36 bits per heavy atom. The van der Waals surface area contributed by atoms with Crippen molar-refractivity contribution in [1.29, 1.82) is 0 Å². The van der Waals surface area contributed by atoms with Crippen LogP contribution in [-0.4, -0.2) is 33.5 Å². The van der Waals surface area contributed by atoms with E-state index in [2.05, 4.69) is 15.4 Å². The zero-order valence-corrected chi connectivity index (χ0v) is 19.8. The number of carbonyl (C=O) groups is 1. The van der Waals surface area contributed by atoms with Crippen molar-refractivity contribution in [2.24, 2.45) is 5.92 Å². The standard InChI is InChI=1S/C22H26F3N3O3S.ClH/c1-14-5-3-4-6-18(14)21(29)27-17-7-8-20(19(13-17)22(23,24)25)32(30,31)28-15(2)16-9-11-26-12-10-16;/h3-8,13,15-16,26,28H,9-12H2,1-2H3,(H,27,29);1H/t15-;/m1./s1. The Kier molecular flexibility index (Phi) is 8.92. The van der Waals surface area contributed by atoms with Gasteiger partial charge in [-0.3, -0.25) is 4.79 Å². The van der Waals surface area contributed by atoms with Crippen LogP contribution in [-0.2, 0) is 16.2 Å². The van der Waals surface area contributed by atoms with Gasteiger partial charge in [0.15, 0.2) is 0 Å². The minimum absolute atomic E-state index is 0. The highest BCUT2D eigenvalue weighted by atomic mass is 35.5. The van der Waals surface area contributed by atoms with E-state index in [1.54, 1.807) is 38.1 Å². The van der Waals surface area contributed by atoms with E-state index in [1.165, 1.54) is 0 Å². The van der Waals surface area contributed by atoms with Crippen LogP contribution in [0.5, 0.6) is 0 Å². The van der Waals surface area contributed by atoms with Gasteiger partial charge in [-0.1, -0.05) is 18.2 Å². The van der Waals surface area contributed by atoms with Gasteiger partial charge in [0, 0.05) is 17.3 Å². The molecular formula is C22H27ClF3N3O3S. The predicted octanol–water partition coefficient (Wildman–Crippen LogP) is 4.35. The molecule has 3 N–H and O–H groups in total. The van der Waals surface area contributed by atoms with Gasteiger partial charge in [0.25, 0.3) is 5.91 Å². The van der Waals surface area contributed by atoms with Crippen LogP contribution in [0.2, 0.25) is 0 Å². The van der Waals surface area contributed by atoms with Crippen molar-refractivity contribution >= 4 is 34.0 Å². The molecule has 2 aromatic rings. The van der Waals surface area contributed by atoms with Gasteiger partial charge < -0.3 is 10.6 Å². The van der Waals surface area contributed by atoms with Crippen molar-refractivity contribution in [2.75, 3.05) is 18.4 Å². The predicted molar refractivity (Wildman–Crippen MR) is 123 cm³/mol. The molecule has 33 heavy (non-hydrogen) atoms. The molecule has 6 nitrogen and oxygen atoms in total. The quantitative estimate of drug-likeness (QED) is 0.544. The summed E-state index contributed by atoms with van der Waals surface area (Å²) in [5.41, 5.74) is -0.493. The van der Waals surface area contributed by atoms with Crippen LogP contribution in [0.1, 0.15) is 41.3 Å². The Balaban J connectivity index is 0.00000385. The summed E-state index contributed by atoms with van der Waals surface area (Å²) >= 11 is 0. The van der Waals surface area contributed by atoms with Crippen molar-refractivity contribution < 1.29 is 26.4 Å². The van der Waals surface area contributed by atoms with E-state index >= 15 is 0 Å². The molecule has 0 aliphatic carbocycles. The lowest BCUT2D eigenvalue weighted by Crippen LogP contribution is -2.42. The Morgan fingerprint density at radius 2 is 1.76 bits per heavy atom. The SMILES string of the molecule is Cc1ccccc1C(=O)Nc1ccc(S(=O)(=O)N[C@H](C)C2CCNCC2)c(C(F)(F)F)c1.Cl. The fourth-order valence-corrected chi connectivity index (χ4v) is 5.36. The highest BCUT2D eigenvalue weighted by Crippen LogP contribution is 2.36. The number of amides is 1. The smallest absolute Gasteiger partial charge is 0.322 e. The number of aryl methyl sites for hydroxylation is 1. The average Bonchev–Trinajstić information content (AvgIpc) is 2.73. The second-order valence-corrected chi connectivity index (χ2v) is 9.66. The topological polar surface area (TPSA) is 87.3 Å².